The Hall–Kier alpha value is -3.53. The Balaban J connectivity index is 1.41. The lowest BCUT2D eigenvalue weighted by atomic mass is 9.84. The van der Waals surface area contributed by atoms with E-state index in [0.29, 0.717) is 17.9 Å². The molecular weight excluding hydrogens is 506 g/mol. The summed E-state index contributed by atoms with van der Waals surface area (Å²) in [7, 11) is 0. The van der Waals surface area contributed by atoms with Crippen molar-refractivity contribution < 1.29 is 23.1 Å². The first-order valence-electron chi connectivity index (χ1n) is 12.1. The van der Waals surface area contributed by atoms with E-state index in [9.17, 15) is 23.2 Å². The minimum Gasteiger partial charge on any atom is -0.490 e. The molecule has 37 heavy (non-hydrogen) atoms. The number of carbonyl (C=O) groups excluding carboxylic acids is 2. The molecule has 0 unspecified atom stereocenters. The van der Waals surface area contributed by atoms with Crippen molar-refractivity contribution in [3.8, 4) is 5.75 Å². The zero-order valence-electron chi connectivity index (χ0n) is 20.2. The number of amides is 2. The Kier molecular flexibility index (Phi) is 8.38. The fourth-order valence-corrected chi connectivity index (χ4v) is 4.76. The van der Waals surface area contributed by atoms with Crippen LogP contribution >= 0.6 is 11.6 Å². The van der Waals surface area contributed by atoms with Crippen molar-refractivity contribution in [3.63, 3.8) is 0 Å². The minimum atomic E-state index is -0.703. The molecule has 0 saturated heterocycles. The Labute approximate surface area is 216 Å². The molecule has 0 atom stereocenters. The number of aromatic amines is 1. The first-order chi connectivity index (χ1) is 17.7. The monoisotopic (exact) mass is 532 g/mol. The Morgan fingerprint density at radius 1 is 1.14 bits per heavy atom. The predicted octanol–water partition coefficient (Wildman–Crippen LogP) is 4.25. The maximum absolute atomic E-state index is 14.6. The highest BCUT2D eigenvalue weighted by Crippen LogP contribution is 2.29. The van der Waals surface area contributed by atoms with E-state index in [-0.39, 0.29) is 52.6 Å². The number of nitrogens with zero attached hydrogens (tertiary/aromatic N) is 1. The molecule has 3 aromatic rings. The number of H-pyrrole nitrogens is 1. The molecular formula is C26H27ClF2N4O4. The van der Waals surface area contributed by atoms with Gasteiger partial charge in [0.2, 0.25) is 5.91 Å². The van der Waals surface area contributed by atoms with Crippen molar-refractivity contribution in [3.05, 3.63) is 68.7 Å². The molecule has 1 saturated carbocycles. The van der Waals surface area contributed by atoms with Crippen molar-refractivity contribution in [2.75, 3.05) is 6.61 Å². The van der Waals surface area contributed by atoms with Gasteiger partial charge in [-0.25, -0.2) is 13.8 Å². The van der Waals surface area contributed by atoms with E-state index in [0.717, 1.165) is 31.7 Å². The van der Waals surface area contributed by atoms with Crippen LogP contribution in [0.5, 0.6) is 5.75 Å². The first-order valence-corrected chi connectivity index (χ1v) is 12.4. The first kappa shape index (κ1) is 26.5. The molecule has 11 heteroatoms. The number of aromatic nitrogens is 2. The van der Waals surface area contributed by atoms with Gasteiger partial charge in [-0.15, -0.1) is 0 Å². The number of benzene rings is 2. The van der Waals surface area contributed by atoms with Gasteiger partial charge in [-0.2, -0.15) is 0 Å². The molecule has 196 valence electrons. The smallest absolute Gasteiger partial charge is 0.287 e. The van der Waals surface area contributed by atoms with Gasteiger partial charge in [-0.3, -0.25) is 14.4 Å². The van der Waals surface area contributed by atoms with Crippen LogP contribution in [0.15, 0.2) is 35.1 Å². The normalized spacial score (nSPS) is 17.4. The van der Waals surface area contributed by atoms with E-state index >= 15 is 0 Å². The van der Waals surface area contributed by atoms with E-state index in [4.69, 9.17) is 16.3 Å². The number of carbonyl (C=O) groups is 2. The third kappa shape index (κ3) is 6.62. The fraction of sp³-hybridized carbons (Fsp3) is 0.385. The lowest BCUT2D eigenvalue weighted by Crippen LogP contribution is -2.36. The van der Waals surface area contributed by atoms with Crippen molar-refractivity contribution >= 4 is 34.3 Å². The summed E-state index contributed by atoms with van der Waals surface area (Å²) in [4.78, 5) is 43.2. The second kappa shape index (κ2) is 11.7. The molecule has 1 heterocycles. The van der Waals surface area contributed by atoms with E-state index in [1.807, 2.05) is 0 Å². The maximum Gasteiger partial charge on any atom is 0.287 e. The number of hydrogen-bond acceptors (Lipinski definition) is 5. The van der Waals surface area contributed by atoms with Crippen molar-refractivity contribution in [1.29, 1.82) is 0 Å². The Morgan fingerprint density at radius 3 is 2.57 bits per heavy atom. The van der Waals surface area contributed by atoms with Crippen LogP contribution in [0.4, 0.5) is 8.78 Å². The molecule has 3 N–H and O–H groups in total. The molecule has 0 radical (unpaired) electrons. The van der Waals surface area contributed by atoms with Gasteiger partial charge in [-0.1, -0.05) is 17.7 Å². The van der Waals surface area contributed by atoms with Crippen LogP contribution in [-0.4, -0.2) is 34.4 Å². The summed E-state index contributed by atoms with van der Waals surface area (Å²) in [5, 5.41) is 5.38. The standard InChI is InChI=1S/C26H27ClF2N4O4/c1-14(34)31-17-5-2-15(3-6-17)10-11-37-23-20(29)8-9-21-22(23)25(35)33-24(32-21)26(36)30-13-16-4-7-19(28)18(27)12-16/h4,7-9,12,15,17H,2-3,5-6,10-11,13H2,1H3,(H,30,36)(H,31,34)(H,32,33,35). The van der Waals surface area contributed by atoms with Crippen LogP contribution in [0, 0.1) is 17.6 Å². The van der Waals surface area contributed by atoms with Crippen LogP contribution in [0.1, 0.15) is 55.2 Å². The van der Waals surface area contributed by atoms with Crippen molar-refractivity contribution in [1.82, 2.24) is 20.6 Å². The van der Waals surface area contributed by atoms with E-state index in [1.165, 1.54) is 31.2 Å². The van der Waals surface area contributed by atoms with Gasteiger partial charge in [0.25, 0.3) is 11.5 Å². The molecule has 2 amide bonds. The number of nitrogens with one attached hydrogen (secondary N) is 3. The summed E-state index contributed by atoms with van der Waals surface area (Å²) in [6.45, 7) is 1.76. The molecule has 0 spiro atoms. The van der Waals surface area contributed by atoms with E-state index < -0.39 is 23.1 Å². The Bertz CT molecular complexity index is 1370. The van der Waals surface area contributed by atoms with Gasteiger partial charge >= 0.3 is 0 Å². The van der Waals surface area contributed by atoms with Crippen LogP contribution in [0.3, 0.4) is 0 Å². The van der Waals surface area contributed by atoms with E-state index in [2.05, 4.69) is 20.6 Å². The molecule has 1 fully saturated rings. The molecule has 1 aliphatic rings. The summed E-state index contributed by atoms with van der Waals surface area (Å²) < 4.78 is 33.6. The predicted molar refractivity (Wildman–Crippen MR) is 135 cm³/mol. The summed E-state index contributed by atoms with van der Waals surface area (Å²) in [6, 6.07) is 6.69. The fourth-order valence-electron chi connectivity index (χ4n) is 4.55. The highest BCUT2D eigenvalue weighted by Gasteiger charge is 2.22. The zero-order valence-corrected chi connectivity index (χ0v) is 21.0. The topological polar surface area (TPSA) is 113 Å². The molecule has 1 aromatic heterocycles. The van der Waals surface area contributed by atoms with Crippen LogP contribution in [-0.2, 0) is 11.3 Å². The van der Waals surface area contributed by atoms with Gasteiger partial charge in [0.1, 0.15) is 11.2 Å². The van der Waals surface area contributed by atoms with Gasteiger partial charge in [0.05, 0.1) is 17.1 Å². The molecule has 2 aromatic carbocycles. The molecule has 4 rings (SSSR count). The lowest BCUT2D eigenvalue weighted by Gasteiger charge is -2.28. The third-order valence-electron chi connectivity index (χ3n) is 6.46. The highest BCUT2D eigenvalue weighted by molar-refractivity contribution is 6.30. The van der Waals surface area contributed by atoms with Crippen molar-refractivity contribution in [2.24, 2.45) is 5.92 Å². The largest absolute Gasteiger partial charge is 0.490 e. The summed E-state index contributed by atoms with van der Waals surface area (Å²) >= 11 is 5.76. The number of rotatable bonds is 8. The molecule has 8 nitrogen and oxygen atoms in total. The second-order valence-electron chi connectivity index (χ2n) is 9.17. The number of hydrogen-bond donors (Lipinski definition) is 3. The Morgan fingerprint density at radius 2 is 1.86 bits per heavy atom. The molecule has 0 aliphatic heterocycles. The second-order valence-corrected chi connectivity index (χ2v) is 9.58. The van der Waals surface area contributed by atoms with Gasteiger partial charge < -0.3 is 20.4 Å². The number of ether oxygens (including phenoxy) is 1. The van der Waals surface area contributed by atoms with Crippen LogP contribution < -0.4 is 20.9 Å². The maximum atomic E-state index is 14.6. The highest BCUT2D eigenvalue weighted by atomic mass is 35.5. The summed E-state index contributed by atoms with van der Waals surface area (Å²) in [5.74, 6) is -2.04. The molecule has 0 bridgehead atoms. The third-order valence-corrected chi connectivity index (χ3v) is 6.75. The van der Waals surface area contributed by atoms with Gasteiger partial charge in [-0.05, 0) is 67.9 Å². The van der Waals surface area contributed by atoms with Gasteiger partial charge in [0.15, 0.2) is 17.4 Å². The lowest BCUT2D eigenvalue weighted by molar-refractivity contribution is -0.119. The average molecular weight is 533 g/mol. The van der Waals surface area contributed by atoms with Crippen molar-refractivity contribution in [2.45, 2.75) is 51.6 Å². The summed E-state index contributed by atoms with van der Waals surface area (Å²) in [6.07, 6.45) is 4.31. The quantitative estimate of drug-likeness (QED) is 0.401. The van der Waals surface area contributed by atoms with E-state index in [1.54, 1.807) is 0 Å². The number of halogens is 3. The van der Waals surface area contributed by atoms with Crippen LogP contribution in [0.2, 0.25) is 5.02 Å². The minimum absolute atomic E-state index is 0.0320. The zero-order chi connectivity index (χ0) is 26.5. The number of fused-ring (bicyclic) bond motifs is 1. The van der Waals surface area contributed by atoms with Gasteiger partial charge in [0, 0.05) is 19.5 Å². The summed E-state index contributed by atoms with van der Waals surface area (Å²) in [5.41, 5.74) is -0.0273. The average Bonchev–Trinajstić information content (AvgIpc) is 2.86. The van der Waals surface area contributed by atoms with Crippen LogP contribution in [0.25, 0.3) is 10.9 Å². The SMILES string of the molecule is CC(=O)NC1CCC(CCOc2c(F)ccc3nc(C(=O)NCc4ccc(F)c(Cl)c4)[nH]c(=O)c23)CC1. The molecule has 1 aliphatic carbocycles.